The molecule has 1 aliphatic rings. The number of nitrogens with one attached hydrogen (secondary N) is 1. The lowest BCUT2D eigenvalue weighted by Gasteiger charge is -2.33. The highest BCUT2D eigenvalue weighted by molar-refractivity contribution is 5.92. The molecule has 136 valence electrons. The third kappa shape index (κ3) is 3.22. The van der Waals surface area contributed by atoms with Crippen LogP contribution in [0.5, 0.6) is 11.5 Å². The average molecular weight is 354 g/mol. The normalized spacial score (nSPS) is 16.0. The molecular formula is C20H22N2O4. The van der Waals surface area contributed by atoms with Gasteiger partial charge in [-0.25, -0.2) is 0 Å². The molecule has 0 bridgehead atoms. The zero-order valence-corrected chi connectivity index (χ0v) is 15.1. The largest absolute Gasteiger partial charge is 0.493 e. The number of rotatable bonds is 5. The summed E-state index contributed by atoms with van der Waals surface area (Å²) in [7, 11) is 4.79. The van der Waals surface area contributed by atoms with Crippen molar-refractivity contribution in [1.29, 1.82) is 0 Å². The van der Waals surface area contributed by atoms with E-state index < -0.39 is 6.04 Å². The maximum absolute atomic E-state index is 12.9. The molecule has 6 heteroatoms. The Kier molecular flexibility index (Phi) is 5.11. The first-order valence-corrected chi connectivity index (χ1v) is 8.37. The molecule has 0 aliphatic carbocycles. The fourth-order valence-corrected chi connectivity index (χ4v) is 3.29. The summed E-state index contributed by atoms with van der Waals surface area (Å²) in [5, 5.41) is 2.92. The van der Waals surface area contributed by atoms with Gasteiger partial charge in [0.2, 0.25) is 11.8 Å². The summed E-state index contributed by atoms with van der Waals surface area (Å²) >= 11 is 0. The molecule has 0 saturated carbocycles. The van der Waals surface area contributed by atoms with Crippen LogP contribution in [0.1, 0.15) is 22.7 Å². The zero-order valence-electron chi connectivity index (χ0n) is 15.1. The van der Waals surface area contributed by atoms with Gasteiger partial charge in [0.15, 0.2) is 11.5 Å². The molecule has 1 atom stereocenters. The minimum absolute atomic E-state index is 0.0668. The second kappa shape index (κ2) is 7.47. The van der Waals surface area contributed by atoms with Crippen molar-refractivity contribution in [3.63, 3.8) is 0 Å². The molecule has 0 spiro atoms. The first-order valence-electron chi connectivity index (χ1n) is 8.37. The Morgan fingerprint density at radius 2 is 1.92 bits per heavy atom. The number of ether oxygens (including phenoxy) is 2. The van der Waals surface area contributed by atoms with E-state index in [0.29, 0.717) is 17.9 Å². The molecule has 2 amide bonds. The molecule has 0 unspecified atom stereocenters. The minimum Gasteiger partial charge on any atom is -0.493 e. The number of benzene rings is 2. The van der Waals surface area contributed by atoms with Crippen molar-refractivity contribution in [3.8, 4) is 11.5 Å². The first kappa shape index (κ1) is 17.8. The molecule has 6 nitrogen and oxygen atoms in total. The van der Waals surface area contributed by atoms with Gasteiger partial charge in [-0.2, -0.15) is 0 Å². The number of carbonyl (C=O) groups is 2. The van der Waals surface area contributed by atoms with Crippen LogP contribution in [0.2, 0.25) is 0 Å². The topological polar surface area (TPSA) is 67.9 Å². The van der Waals surface area contributed by atoms with E-state index in [1.54, 1.807) is 27.3 Å². The van der Waals surface area contributed by atoms with Gasteiger partial charge in [0.25, 0.3) is 0 Å². The quantitative estimate of drug-likeness (QED) is 0.893. The maximum Gasteiger partial charge on any atom is 0.247 e. The van der Waals surface area contributed by atoms with E-state index in [0.717, 1.165) is 16.7 Å². The Morgan fingerprint density at radius 1 is 1.15 bits per heavy atom. The molecule has 1 heterocycles. The molecule has 0 radical (unpaired) electrons. The van der Waals surface area contributed by atoms with Crippen LogP contribution >= 0.6 is 0 Å². The number of para-hydroxylation sites is 1. The SMILES string of the molecule is COc1cccc(CNC(=O)[C@@H]2c3ccccc3CC(=O)N2C)c1OC. The summed E-state index contributed by atoms with van der Waals surface area (Å²) in [6, 6.07) is 12.4. The fourth-order valence-electron chi connectivity index (χ4n) is 3.29. The van der Waals surface area contributed by atoms with Gasteiger partial charge in [0.1, 0.15) is 6.04 Å². The van der Waals surface area contributed by atoms with Crippen LogP contribution in [0.15, 0.2) is 42.5 Å². The van der Waals surface area contributed by atoms with Crippen LogP contribution in [0.25, 0.3) is 0 Å². The van der Waals surface area contributed by atoms with Crippen molar-refractivity contribution >= 4 is 11.8 Å². The molecule has 0 saturated heterocycles. The van der Waals surface area contributed by atoms with Crippen LogP contribution in [0.3, 0.4) is 0 Å². The van der Waals surface area contributed by atoms with Gasteiger partial charge in [-0.1, -0.05) is 36.4 Å². The van der Waals surface area contributed by atoms with Crippen molar-refractivity contribution in [2.24, 2.45) is 0 Å². The van der Waals surface area contributed by atoms with Crippen molar-refractivity contribution in [2.75, 3.05) is 21.3 Å². The predicted molar refractivity (Wildman–Crippen MR) is 97.0 cm³/mol. The van der Waals surface area contributed by atoms with Gasteiger partial charge >= 0.3 is 0 Å². The summed E-state index contributed by atoms with van der Waals surface area (Å²) in [5.74, 6) is 0.902. The van der Waals surface area contributed by atoms with Gasteiger partial charge in [-0.05, 0) is 17.2 Å². The highest BCUT2D eigenvalue weighted by Gasteiger charge is 2.34. The first-order chi connectivity index (χ1) is 12.6. The summed E-state index contributed by atoms with van der Waals surface area (Å²) in [6.07, 6.45) is 0.320. The molecule has 0 aromatic heterocycles. The highest BCUT2D eigenvalue weighted by Crippen LogP contribution is 2.32. The summed E-state index contributed by atoms with van der Waals surface area (Å²) in [4.78, 5) is 26.6. The van der Waals surface area contributed by atoms with E-state index in [-0.39, 0.29) is 18.4 Å². The molecule has 26 heavy (non-hydrogen) atoms. The molecule has 1 N–H and O–H groups in total. The molecule has 2 aromatic carbocycles. The second-order valence-electron chi connectivity index (χ2n) is 6.15. The van der Waals surface area contributed by atoms with Gasteiger partial charge < -0.3 is 19.7 Å². The standard InChI is InChI=1S/C20H22N2O4/c1-22-17(23)11-13-7-4-5-9-15(13)18(22)20(24)21-12-14-8-6-10-16(25-2)19(14)26-3/h4-10,18H,11-12H2,1-3H3,(H,21,24)/t18-/m0/s1. The van der Waals surface area contributed by atoms with Gasteiger partial charge in [0, 0.05) is 19.2 Å². The minimum atomic E-state index is -0.635. The number of likely N-dealkylation sites (N-methyl/N-ethyl adjacent to an activating group) is 1. The van der Waals surface area contributed by atoms with Gasteiger partial charge in [-0.15, -0.1) is 0 Å². The van der Waals surface area contributed by atoms with Crippen molar-refractivity contribution in [3.05, 3.63) is 59.2 Å². The number of methoxy groups -OCH3 is 2. The Labute approximate surface area is 152 Å². The number of carbonyl (C=O) groups excluding carboxylic acids is 2. The lowest BCUT2D eigenvalue weighted by atomic mass is 9.92. The number of hydrogen-bond acceptors (Lipinski definition) is 4. The fraction of sp³-hybridized carbons (Fsp3) is 0.300. The van der Waals surface area contributed by atoms with Crippen LogP contribution < -0.4 is 14.8 Å². The molecule has 2 aromatic rings. The van der Waals surface area contributed by atoms with Gasteiger partial charge in [0.05, 0.1) is 20.6 Å². The third-order valence-corrected chi connectivity index (χ3v) is 4.66. The number of nitrogens with zero attached hydrogens (tertiary/aromatic N) is 1. The molecule has 3 rings (SSSR count). The molecular weight excluding hydrogens is 332 g/mol. The van der Waals surface area contributed by atoms with Gasteiger partial charge in [-0.3, -0.25) is 9.59 Å². The zero-order chi connectivity index (χ0) is 18.7. The highest BCUT2D eigenvalue weighted by atomic mass is 16.5. The second-order valence-corrected chi connectivity index (χ2v) is 6.15. The maximum atomic E-state index is 12.9. The van der Waals surface area contributed by atoms with E-state index in [2.05, 4.69) is 5.32 Å². The van der Waals surface area contributed by atoms with Crippen LogP contribution in [-0.4, -0.2) is 38.0 Å². The van der Waals surface area contributed by atoms with E-state index in [1.807, 2.05) is 36.4 Å². The van der Waals surface area contributed by atoms with Crippen LogP contribution in [-0.2, 0) is 22.6 Å². The molecule has 0 fully saturated rings. The number of hydrogen-bond donors (Lipinski definition) is 1. The lowest BCUT2D eigenvalue weighted by molar-refractivity contribution is -0.140. The smallest absolute Gasteiger partial charge is 0.247 e. The predicted octanol–water partition coefficient (Wildman–Crippen LogP) is 2.08. The third-order valence-electron chi connectivity index (χ3n) is 4.66. The Hall–Kier alpha value is -3.02. The molecule has 1 aliphatic heterocycles. The lowest BCUT2D eigenvalue weighted by Crippen LogP contribution is -2.45. The van der Waals surface area contributed by atoms with E-state index in [1.165, 1.54) is 4.90 Å². The monoisotopic (exact) mass is 354 g/mol. The van der Waals surface area contributed by atoms with Crippen LogP contribution in [0, 0.1) is 0 Å². The summed E-state index contributed by atoms with van der Waals surface area (Å²) in [5.41, 5.74) is 2.57. The summed E-state index contributed by atoms with van der Waals surface area (Å²) < 4.78 is 10.7. The van der Waals surface area contributed by atoms with E-state index >= 15 is 0 Å². The van der Waals surface area contributed by atoms with Crippen molar-refractivity contribution < 1.29 is 19.1 Å². The van der Waals surface area contributed by atoms with Crippen LogP contribution in [0.4, 0.5) is 0 Å². The Balaban J connectivity index is 1.82. The van der Waals surface area contributed by atoms with Crippen molar-refractivity contribution in [2.45, 2.75) is 19.0 Å². The Bertz CT molecular complexity index is 834. The van der Waals surface area contributed by atoms with E-state index in [4.69, 9.17) is 9.47 Å². The van der Waals surface area contributed by atoms with E-state index in [9.17, 15) is 9.59 Å². The number of fused-ring (bicyclic) bond motifs is 1. The number of amides is 2. The Morgan fingerprint density at radius 3 is 2.65 bits per heavy atom. The summed E-state index contributed by atoms with van der Waals surface area (Å²) in [6.45, 7) is 0.278. The average Bonchev–Trinajstić information content (AvgIpc) is 2.66. The van der Waals surface area contributed by atoms with Crippen molar-refractivity contribution in [1.82, 2.24) is 10.2 Å².